The molecular weight excluding hydrogens is 476 g/mol. The summed E-state index contributed by atoms with van der Waals surface area (Å²) in [6.07, 6.45) is 0. The van der Waals surface area contributed by atoms with Crippen molar-refractivity contribution in [2.75, 3.05) is 9.80 Å². The Kier molecular flexibility index (Phi) is 4.46. The molecule has 1 aliphatic rings. The van der Waals surface area contributed by atoms with Crippen LogP contribution in [0.1, 0.15) is 0 Å². The molecule has 0 fully saturated rings. The van der Waals surface area contributed by atoms with E-state index >= 15 is 0 Å². The van der Waals surface area contributed by atoms with Crippen molar-refractivity contribution in [1.29, 1.82) is 0 Å². The van der Waals surface area contributed by atoms with Crippen molar-refractivity contribution in [1.82, 2.24) is 0 Å². The maximum atomic E-state index is 3.67. The highest BCUT2D eigenvalue weighted by molar-refractivity contribution is 9.10. The van der Waals surface area contributed by atoms with Gasteiger partial charge in [0, 0.05) is 20.3 Å². The van der Waals surface area contributed by atoms with E-state index in [1.54, 1.807) is 0 Å². The summed E-state index contributed by atoms with van der Waals surface area (Å²) >= 11 is 7.33. The van der Waals surface area contributed by atoms with Crippen LogP contribution >= 0.6 is 31.9 Å². The van der Waals surface area contributed by atoms with Crippen LogP contribution in [-0.4, -0.2) is 0 Å². The van der Waals surface area contributed by atoms with Crippen molar-refractivity contribution in [2.45, 2.75) is 0 Å². The molecule has 0 aromatic heterocycles. The zero-order chi connectivity index (χ0) is 19.1. The van der Waals surface area contributed by atoms with Crippen LogP contribution in [0.2, 0.25) is 0 Å². The predicted molar refractivity (Wildman–Crippen MR) is 125 cm³/mol. The largest absolute Gasteiger partial charge is 0.306 e. The molecule has 0 bridgehead atoms. The SMILES string of the molecule is Brc1ccc2c(c1)N(c1ccccc1)c1ccc(Br)cc1N2c1ccccc1. The average Bonchev–Trinajstić information content (AvgIpc) is 2.73. The van der Waals surface area contributed by atoms with Crippen LogP contribution in [0, 0.1) is 0 Å². The van der Waals surface area contributed by atoms with Gasteiger partial charge in [0.25, 0.3) is 0 Å². The molecule has 0 unspecified atom stereocenters. The molecule has 4 aromatic rings. The number of para-hydroxylation sites is 2. The zero-order valence-electron chi connectivity index (χ0n) is 14.9. The summed E-state index contributed by atoms with van der Waals surface area (Å²) in [5, 5.41) is 0. The van der Waals surface area contributed by atoms with Crippen LogP contribution in [0.3, 0.4) is 0 Å². The lowest BCUT2D eigenvalue weighted by Gasteiger charge is -2.40. The second kappa shape index (κ2) is 7.12. The maximum absolute atomic E-state index is 3.67. The number of rotatable bonds is 2. The van der Waals surface area contributed by atoms with Crippen molar-refractivity contribution in [3.8, 4) is 0 Å². The Morgan fingerprint density at radius 1 is 0.429 bits per heavy atom. The van der Waals surface area contributed by atoms with E-state index in [-0.39, 0.29) is 0 Å². The monoisotopic (exact) mass is 490 g/mol. The summed E-state index contributed by atoms with van der Waals surface area (Å²) in [5.41, 5.74) is 6.84. The molecule has 28 heavy (non-hydrogen) atoms. The quantitative estimate of drug-likeness (QED) is 0.244. The molecule has 4 aromatic carbocycles. The molecule has 0 spiro atoms. The predicted octanol–water partition coefficient (Wildman–Crippen LogP) is 8.46. The molecule has 2 nitrogen and oxygen atoms in total. The summed E-state index contributed by atoms with van der Waals surface area (Å²) < 4.78 is 2.11. The number of anilines is 6. The molecule has 0 aliphatic carbocycles. The third-order valence-electron chi connectivity index (χ3n) is 4.87. The van der Waals surface area contributed by atoms with Crippen LogP contribution in [0.5, 0.6) is 0 Å². The zero-order valence-corrected chi connectivity index (χ0v) is 18.1. The third kappa shape index (κ3) is 2.93. The minimum atomic E-state index is 1.06. The van der Waals surface area contributed by atoms with E-state index in [2.05, 4.69) is 127 Å². The first kappa shape index (κ1) is 17.5. The third-order valence-corrected chi connectivity index (χ3v) is 5.85. The molecule has 0 atom stereocenters. The Morgan fingerprint density at radius 3 is 1.21 bits per heavy atom. The van der Waals surface area contributed by atoms with Gasteiger partial charge in [0.05, 0.1) is 22.7 Å². The Hall–Kier alpha value is -2.56. The number of nitrogens with zero attached hydrogens (tertiary/aromatic N) is 2. The highest BCUT2D eigenvalue weighted by atomic mass is 79.9. The van der Waals surface area contributed by atoms with E-state index in [0.29, 0.717) is 0 Å². The van der Waals surface area contributed by atoms with Crippen LogP contribution in [0.25, 0.3) is 0 Å². The van der Waals surface area contributed by atoms with Crippen molar-refractivity contribution < 1.29 is 0 Å². The summed E-state index contributed by atoms with van der Waals surface area (Å²) in [4.78, 5) is 4.64. The molecular formula is C24H16Br2N2. The Labute approximate surface area is 181 Å². The van der Waals surface area contributed by atoms with Gasteiger partial charge < -0.3 is 9.80 Å². The fraction of sp³-hybridized carbons (Fsp3) is 0. The van der Waals surface area contributed by atoms with Crippen molar-refractivity contribution in [2.24, 2.45) is 0 Å². The highest BCUT2D eigenvalue weighted by Crippen LogP contribution is 2.54. The Bertz CT molecular complexity index is 1050. The lowest BCUT2D eigenvalue weighted by Crippen LogP contribution is -2.24. The lowest BCUT2D eigenvalue weighted by atomic mass is 10.0. The number of fused-ring (bicyclic) bond motifs is 2. The van der Waals surface area contributed by atoms with Crippen LogP contribution < -0.4 is 9.80 Å². The topological polar surface area (TPSA) is 6.48 Å². The van der Waals surface area contributed by atoms with E-state index in [9.17, 15) is 0 Å². The summed E-state index contributed by atoms with van der Waals surface area (Å²) in [5.74, 6) is 0. The molecule has 136 valence electrons. The van der Waals surface area contributed by atoms with Gasteiger partial charge in [-0.15, -0.1) is 0 Å². The number of hydrogen-bond acceptors (Lipinski definition) is 2. The van der Waals surface area contributed by atoms with Gasteiger partial charge in [0.15, 0.2) is 0 Å². The minimum Gasteiger partial charge on any atom is -0.306 e. The summed E-state index contributed by atoms with van der Waals surface area (Å²) in [6, 6.07) is 33.9. The molecule has 0 N–H and O–H groups in total. The first-order chi connectivity index (χ1) is 13.7. The molecule has 0 saturated heterocycles. The van der Waals surface area contributed by atoms with E-state index in [0.717, 1.165) is 43.1 Å². The normalized spacial score (nSPS) is 12.5. The first-order valence-electron chi connectivity index (χ1n) is 9.02. The van der Waals surface area contributed by atoms with Gasteiger partial charge in [0.2, 0.25) is 0 Å². The molecule has 1 heterocycles. The number of benzene rings is 4. The summed E-state index contributed by atoms with van der Waals surface area (Å²) in [6.45, 7) is 0. The van der Waals surface area contributed by atoms with E-state index in [1.807, 2.05) is 12.1 Å². The Morgan fingerprint density at radius 2 is 0.821 bits per heavy atom. The van der Waals surface area contributed by atoms with E-state index < -0.39 is 0 Å². The van der Waals surface area contributed by atoms with Gasteiger partial charge >= 0.3 is 0 Å². The first-order valence-corrected chi connectivity index (χ1v) is 10.6. The Balaban J connectivity index is 1.84. The van der Waals surface area contributed by atoms with Gasteiger partial charge in [-0.2, -0.15) is 0 Å². The van der Waals surface area contributed by atoms with Crippen molar-refractivity contribution in [3.63, 3.8) is 0 Å². The van der Waals surface area contributed by atoms with Crippen molar-refractivity contribution >= 4 is 66.0 Å². The highest BCUT2D eigenvalue weighted by Gasteiger charge is 2.30. The molecule has 4 heteroatoms. The van der Waals surface area contributed by atoms with Gasteiger partial charge in [-0.25, -0.2) is 0 Å². The second-order valence-corrected chi connectivity index (χ2v) is 8.44. The van der Waals surface area contributed by atoms with Gasteiger partial charge in [0.1, 0.15) is 0 Å². The molecule has 0 radical (unpaired) electrons. The van der Waals surface area contributed by atoms with Crippen LogP contribution in [0.4, 0.5) is 34.1 Å². The van der Waals surface area contributed by atoms with Crippen molar-refractivity contribution in [3.05, 3.63) is 106 Å². The molecule has 0 saturated carbocycles. The standard InChI is InChI=1S/C24H16Br2N2/c25-17-12-14-22-23(15-17)27(19-7-3-1-4-8-19)21-13-11-18(26)16-24(21)28(22)20-9-5-2-6-10-20/h1-16H. The fourth-order valence-corrected chi connectivity index (χ4v) is 4.40. The van der Waals surface area contributed by atoms with E-state index in [1.165, 1.54) is 0 Å². The minimum absolute atomic E-state index is 1.06. The number of hydrogen-bond donors (Lipinski definition) is 0. The van der Waals surface area contributed by atoms with Gasteiger partial charge in [-0.05, 0) is 60.7 Å². The summed E-state index contributed by atoms with van der Waals surface area (Å²) in [7, 11) is 0. The van der Waals surface area contributed by atoms with Gasteiger partial charge in [-0.1, -0.05) is 68.3 Å². The van der Waals surface area contributed by atoms with Crippen LogP contribution in [0.15, 0.2) is 106 Å². The van der Waals surface area contributed by atoms with E-state index in [4.69, 9.17) is 0 Å². The number of halogens is 2. The molecule has 5 rings (SSSR count). The molecule has 0 amide bonds. The lowest BCUT2D eigenvalue weighted by molar-refractivity contribution is 1.16. The smallest absolute Gasteiger partial charge is 0.0714 e. The van der Waals surface area contributed by atoms with Crippen LogP contribution in [-0.2, 0) is 0 Å². The maximum Gasteiger partial charge on any atom is 0.0714 e. The average molecular weight is 492 g/mol. The second-order valence-electron chi connectivity index (χ2n) is 6.61. The fourth-order valence-electron chi connectivity index (χ4n) is 3.70. The molecule has 1 aliphatic heterocycles. The van der Waals surface area contributed by atoms with Gasteiger partial charge in [-0.3, -0.25) is 0 Å².